The first-order valence-electron chi connectivity index (χ1n) is 6.77. The molecule has 0 fully saturated rings. The van der Waals surface area contributed by atoms with Gasteiger partial charge in [0.1, 0.15) is 0 Å². The van der Waals surface area contributed by atoms with Gasteiger partial charge in [-0.2, -0.15) is 0 Å². The van der Waals surface area contributed by atoms with Gasteiger partial charge in [-0.1, -0.05) is 0 Å². The van der Waals surface area contributed by atoms with Crippen LogP contribution in [-0.2, 0) is 7.87 Å². The Morgan fingerprint density at radius 3 is 1.86 bits per heavy atom. The van der Waals surface area contributed by atoms with Gasteiger partial charge >= 0.3 is 129 Å². The Morgan fingerprint density at radius 2 is 1.48 bits per heavy atom. The van der Waals surface area contributed by atoms with Crippen LogP contribution in [0.3, 0.4) is 0 Å². The van der Waals surface area contributed by atoms with Crippen LogP contribution in [0.1, 0.15) is 34.6 Å². The summed E-state index contributed by atoms with van der Waals surface area (Å²) in [5, 5.41) is 0. The quantitative estimate of drug-likeness (QED) is 0.582. The molecule has 0 spiro atoms. The maximum atomic E-state index is 12.4. The van der Waals surface area contributed by atoms with Gasteiger partial charge in [0.05, 0.1) is 0 Å². The number of carbonyl (C=O) groups is 3. The van der Waals surface area contributed by atoms with E-state index in [1.807, 2.05) is 14.8 Å². The molecule has 0 saturated carbocycles. The van der Waals surface area contributed by atoms with Crippen LogP contribution >= 0.6 is 0 Å². The normalized spacial score (nSPS) is 15.2. The van der Waals surface area contributed by atoms with E-state index in [2.05, 4.69) is 0 Å². The van der Waals surface area contributed by atoms with Crippen molar-refractivity contribution in [2.24, 2.45) is 0 Å². The van der Waals surface area contributed by atoms with Crippen LogP contribution in [0.5, 0.6) is 0 Å². The van der Waals surface area contributed by atoms with E-state index >= 15 is 0 Å². The van der Waals surface area contributed by atoms with E-state index in [9.17, 15) is 14.4 Å². The van der Waals surface area contributed by atoms with Gasteiger partial charge in [-0.3, -0.25) is 0 Å². The summed E-state index contributed by atoms with van der Waals surface area (Å²) in [6.07, 6.45) is 0. The van der Waals surface area contributed by atoms with Crippen molar-refractivity contribution in [2.45, 2.75) is 34.2 Å². The van der Waals surface area contributed by atoms with Crippen molar-refractivity contribution in [1.29, 1.82) is 0 Å². The third kappa shape index (κ3) is 2.83. The molecule has 0 unspecified atom stereocenters. The zero-order valence-corrected chi connectivity index (χ0v) is 15.7. The van der Waals surface area contributed by atoms with E-state index in [1.165, 1.54) is 0 Å². The fourth-order valence-electron chi connectivity index (χ4n) is 2.19. The molecule has 0 atom stereocenters. The van der Waals surface area contributed by atoms with Gasteiger partial charge in [-0.15, -0.1) is 0 Å². The van der Waals surface area contributed by atoms with Crippen molar-refractivity contribution in [3.8, 4) is 0 Å². The van der Waals surface area contributed by atoms with Crippen LogP contribution in [0, 0.1) is 0 Å². The summed E-state index contributed by atoms with van der Waals surface area (Å²) in [6.45, 7) is 3.10. The molecule has 2 amide bonds. The predicted octanol–water partition coefficient (Wildman–Crippen LogP) is 2.44. The second kappa shape index (κ2) is 5.12. The SMILES string of the molecule is CC(C)(C(=O)[O][Sn]([CH3])([CH3])[CH3])N1C(=O)c2ccccc2C1=O. The summed E-state index contributed by atoms with van der Waals surface area (Å²) < 4.78 is 5.54. The van der Waals surface area contributed by atoms with Crippen molar-refractivity contribution in [3.05, 3.63) is 35.4 Å². The van der Waals surface area contributed by atoms with Crippen LogP contribution in [0.2, 0.25) is 14.8 Å². The third-order valence-electron chi connectivity index (χ3n) is 3.25. The van der Waals surface area contributed by atoms with Crippen LogP contribution in [-0.4, -0.2) is 47.0 Å². The molecule has 0 N–H and O–H groups in total. The summed E-state index contributed by atoms with van der Waals surface area (Å²) in [7, 11) is 0. The monoisotopic (exact) mass is 397 g/mol. The minimum absolute atomic E-state index is 0.336. The number of hydrogen-bond donors (Lipinski definition) is 0. The second-order valence-electron chi connectivity index (χ2n) is 6.55. The number of fused-ring (bicyclic) bond motifs is 1. The van der Waals surface area contributed by atoms with Crippen molar-refractivity contribution in [2.75, 3.05) is 0 Å². The van der Waals surface area contributed by atoms with Gasteiger partial charge < -0.3 is 0 Å². The minimum atomic E-state index is -2.83. The van der Waals surface area contributed by atoms with Gasteiger partial charge in [0.15, 0.2) is 0 Å². The summed E-state index contributed by atoms with van der Waals surface area (Å²) >= 11 is -2.83. The number of hydrogen-bond acceptors (Lipinski definition) is 4. The van der Waals surface area contributed by atoms with E-state index in [4.69, 9.17) is 3.07 Å². The Balaban J connectivity index is 2.37. The van der Waals surface area contributed by atoms with E-state index in [0.29, 0.717) is 11.1 Å². The Bertz CT molecular complexity index is 596. The van der Waals surface area contributed by atoms with Crippen molar-refractivity contribution < 1.29 is 17.5 Å². The number of amides is 2. The maximum absolute atomic E-state index is 12.4. The standard InChI is InChI=1S/C12H11NO4.3CH3.Sn/c1-12(2,11(16)17)13-9(14)7-5-3-4-6-8(7)10(13)15;;;;/h3-6H,1-2H3,(H,16,17);3*1H3;/q;;;;+1/p-1. The Kier molecular flexibility index (Phi) is 3.90. The molecule has 1 aliphatic rings. The molecule has 21 heavy (non-hydrogen) atoms. The molecule has 5 nitrogen and oxygen atoms in total. The fourth-order valence-corrected chi connectivity index (χ4v) is 4.49. The molecule has 2 rings (SSSR count). The zero-order valence-electron chi connectivity index (χ0n) is 12.9. The Morgan fingerprint density at radius 1 is 1.05 bits per heavy atom. The van der Waals surface area contributed by atoms with Crippen molar-refractivity contribution >= 4 is 36.6 Å². The molecule has 1 aromatic carbocycles. The molecular weight excluding hydrogens is 377 g/mol. The van der Waals surface area contributed by atoms with E-state index in [0.717, 1.165) is 4.90 Å². The average Bonchev–Trinajstić information content (AvgIpc) is 2.61. The fraction of sp³-hybridized carbons (Fsp3) is 0.400. The molecule has 112 valence electrons. The number of imide groups is 1. The van der Waals surface area contributed by atoms with Crippen LogP contribution in [0.4, 0.5) is 0 Å². The van der Waals surface area contributed by atoms with Crippen LogP contribution < -0.4 is 0 Å². The van der Waals surface area contributed by atoms with Gasteiger partial charge in [-0.25, -0.2) is 0 Å². The first-order valence-corrected chi connectivity index (χ1v) is 16.5. The molecule has 0 aromatic heterocycles. The van der Waals surface area contributed by atoms with Crippen LogP contribution in [0.25, 0.3) is 0 Å². The summed E-state index contributed by atoms with van der Waals surface area (Å²) in [4.78, 5) is 44.1. The van der Waals surface area contributed by atoms with E-state index in [1.54, 1.807) is 38.1 Å². The first kappa shape index (κ1) is 16.0. The molecule has 1 aliphatic heterocycles. The van der Waals surface area contributed by atoms with Crippen molar-refractivity contribution in [3.63, 3.8) is 0 Å². The van der Waals surface area contributed by atoms with Gasteiger partial charge in [0.25, 0.3) is 0 Å². The number of carbonyl (C=O) groups excluding carboxylic acids is 3. The molecule has 0 saturated heterocycles. The first-order chi connectivity index (χ1) is 9.55. The summed E-state index contributed by atoms with van der Waals surface area (Å²) in [6, 6.07) is 6.59. The topological polar surface area (TPSA) is 63.7 Å². The molecule has 6 heteroatoms. The number of nitrogens with zero attached hydrogens (tertiary/aromatic N) is 1. The summed E-state index contributed by atoms with van der Waals surface area (Å²) in [5.74, 6) is -1.40. The van der Waals surface area contributed by atoms with Crippen LogP contribution in [0.15, 0.2) is 24.3 Å². The Labute approximate surface area is 128 Å². The second-order valence-corrected chi connectivity index (χ2v) is 19.2. The van der Waals surface area contributed by atoms with Gasteiger partial charge in [0, 0.05) is 0 Å². The van der Waals surface area contributed by atoms with E-state index < -0.39 is 42.1 Å². The molecular formula is C15H19NO4Sn. The molecule has 0 aliphatic carbocycles. The Hall–Kier alpha value is -1.37. The average molecular weight is 396 g/mol. The molecule has 0 radical (unpaired) electrons. The van der Waals surface area contributed by atoms with E-state index in [-0.39, 0.29) is 0 Å². The van der Waals surface area contributed by atoms with Gasteiger partial charge in [-0.05, 0) is 0 Å². The zero-order chi connectivity index (χ0) is 16.0. The van der Waals surface area contributed by atoms with Gasteiger partial charge in [0.2, 0.25) is 0 Å². The molecule has 0 bridgehead atoms. The summed E-state index contributed by atoms with van der Waals surface area (Å²) in [5.41, 5.74) is -0.637. The molecule has 1 heterocycles. The number of rotatable bonds is 3. The number of benzene rings is 1. The predicted molar refractivity (Wildman–Crippen MR) is 80.5 cm³/mol. The third-order valence-corrected chi connectivity index (χ3v) is 5.53. The van der Waals surface area contributed by atoms with Crippen molar-refractivity contribution in [1.82, 2.24) is 4.90 Å². The molecule has 1 aromatic rings.